The maximum Gasteiger partial charge on any atom is 0.338 e. The summed E-state index contributed by atoms with van der Waals surface area (Å²) in [5, 5.41) is 0. The van der Waals surface area contributed by atoms with Crippen molar-refractivity contribution in [3.05, 3.63) is 23.0 Å². The molecule has 3 aliphatic rings. The van der Waals surface area contributed by atoms with Crippen LogP contribution in [0.2, 0.25) is 0 Å². The number of carbonyl (C=O) groups is 4. The number of carbonyl (C=O) groups excluding carboxylic acids is 4. The molecule has 0 spiro atoms. The Morgan fingerprint density at radius 2 is 1.58 bits per heavy atom. The first-order chi connectivity index (χ1) is 12.0. The van der Waals surface area contributed by atoms with Gasteiger partial charge in [-0.3, -0.25) is 9.59 Å². The van der Waals surface area contributed by atoms with Crippen LogP contribution in [-0.2, 0) is 38.1 Å². The largest absolute Gasteiger partial charge is 0.466 e. The molecule has 0 amide bonds. The first-order valence-electron chi connectivity index (χ1n) is 8.01. The van der Waals surface area contributed by atoms with Crippen LogP contribution in [0.1, 0.15) is 34.1 Å². The maximum atomic E-state index is 12.5. The summed E-state index contributed by atoms with van der Waals surface area (Å²) in [6.07, 6.45) is 1.62. The van der Waals surface area contributed by atoms with Gasteiger partial charge >= 0.3 is 23.9 Å². The molecule has 0 aromatic rings. The highest BCUT2D eigenvalue weighted by atomic mass is 16.6. The quantitative estimate of drug-likeness (QED) is 0.544. The number of hydrogen-bond acceptors (Lipinski definition) is 8. The third kappa shape index (κ3) is 3.11. The number of ether oxygens (including phenoxy) is 4. The highest BCUT2D eigenvalue weighted by Gasteiger charge is 2.61. The van der Waals surface area contributed by atoms with E-state index in [1.54, 1.807) is 0 Å². The Hall–Kier alpha value is -2.64. The van der Waals surface area contributed by atoms with Gasteiger partial charge in [-0.2, -0.15) is 0 Å². The van der Waals surface area contributed by atoms with Crippen LogP contribution in [0.15, 0.2) is 23.0 Å². The Morgan fingerprint density at radius 3 is 2.04 bits per heavy atom. The minimum absolute atomic E-state index is 0.0319. The summed E-state index contributed by atoms with van der Waals surface area (Å²) < 4.78 is 20.5. The fourth-order valence-corrected chi connectivity index (χ4v) is 3.94. The van der Waals surface area contributed by atoms with Gasteiger partial charge in [0, 0.05) is 26.3 Å². The lowest BCUT2D eigenvalue weighted by Gasteiger charge is -2.52. The molecule has 0 heterocycles. The summed E-state index contributed by atoms with van der Waals surface area (Å²) in [5.41, 5.74) is -2.40. The van der Waals surface area contributed by atoms with Gasteiger partial charge in [0.2, 0.25) is 0 Å². The van der Waals surface area contributed by atoms with Crippen molar-refractivity contribution in [2.75, 3.05) is 14.2 Å². The van der Waals surface area contributed by atoms with Crippen LogP contribution < -0.4 is 0 Å². The highest BCUT2D eigenvalue weighted by Crippen LogP contribution is 2.58. The number of rotatable bonds is 4. The molecule has 0 aromatic heterocycles. The standard InChI is InChI=1S/C18H22O8/c1-9(19)25-11-7-18(26-10(2)20)8-17(3,4)13(11)12(15(21)23-5)14(18)16(22)24-6/h7,13H,8H2,1-6H3/t13-,18-/m1/s1. The van der Waals surface area contributed by atoms with Crippen LogP contribution in [0.4, 0.5) is 0 Å². The summed E-state index contributed by atoms with van der Waals surface area (Å²) in [6, 6.07) is 0. The SMILES string of the molecule is COC(=O)C1=C(C(=O)OC)[C@@]2(OC(C)=O)C=C(OC(C)=O)[C@H]1C(C)(C)C2. The zero-order valence-corrected chi connectivity index (χ0v) is 15.6. The van der Waals surface area contributed by atoms with E-state index in [4.69, 9.17) is 18.9 Å². The van der Waals surface area contributed by atoms with Crippen molar-refractivity contribution in [3.8, 4) is 0 Å². The van der Waals surface area contributed by atoms with Crippen LogP contribution in [0.5, 0.6) is 0 Å². The molecule has 0 aromatic carbocycles. The monoisotopic (exact) mass is 366 g/mol. The molecule has 8 heteroatoms. The second-order valence-electron chi connectivity index (χ2n) is 6.99. The normalized spacial score (nSPS) is 25.9. The van der Waals surface area contributed by atoms with Crippen LogP contribution in [0.25, 0.3) is 0 Å². The fourth-order valence-electron chi connectivity index (χ4n) is 3.94. The number of hydrogen-bond donors (Lipinski definition) is 0. The van der Waals surface area contributed by atoms with Crippen molar-refractivity contribution in [1.29, 1.82) is 0 Å². The van der Waals surface area contributed by atoms with E-state index in [-0.39, 0.29) is 23.3 Å². The molecule has 3 rings (SSSR count). The minimum Gasteiger partial charge on any atom is -0.466 e. The predicted octanol–water partition coefficient (Wildman–Crippen LogP) is 1.44. The first kappa shape index (κ1) is 19.7. The fraction of sp³-hybridized carbons (Fsp3) is 0.556. The van der Waals surface area contributed by atoms with E-state index in [1.807, 2.05) is 13.8 Å². The molecule has 0 aliphatic heterocycles. The smallest absolute Gasteiger partial charge is 0.338 e. The zero-order valence-electron chi connectivity index (χ0n) is 15.6. The van der Waals surface area contributed by atoms with Gasteiger partial charge in [-0.15, -0.1) is 0 Å². The molecule has 2 atom stereocenters. The number of esters is 4. The van der Waals surface area contributed by atoms with Gasteiger partial charge in [-0.1, -0.05) is 13.8 Å². The second-order valence-corrected chi connectivity index (χ2v) is 6.99. The van der Waals surface area contributed by atoms with Gasteiger partial charge in [0.05, 0.1) is 31.3 Å². The summed E-state index contributed by atoms with van der Waals surface area (Å²) in [4.78, 5) is 48.4. The van der Waals surface area contributed by atoms with Crippen molar-refractivity contribution in [1.82, 2.24) is 0 Å². The number of allylic oxidation sites excluding steroid dienone is 1. The Balaban J connectivity index is 2.84. The molecule has 0 saturated carbocycles. The molecule has 0 saturated heterocycles. The van der Waals surface area contributed by atoms with Gasteiger partial charge in [0.1, 0.15) is 5.76 Å². The van der Waals surface area contributed by atoms with E-state index in [9.17, 15) is 19.2 Å². The van der Waals surface area contributed by atoms with Gasteiger partial charge in [-0.25, -0.2) is 9.59 Å². The van der Waals surface area contributed by atoms with E-state index in [0.717, 1.165) is 7.11 Å². The summed E-state index contributed by atoms with van der Waals surface area (Å²) in [6.45, 7) is 6.05. The van der Waals surface area contributed by atoms with Crippen molar-refractivity contribution in [2.24, 2.45) is 11.3 Å². The third-order valence-corrected chi connectivity index (χ3v) is 4.52. The van der Waals surface area contributed by atoms with Crippen molar-refractivity contribution in [2.45, 2.75) is 39.7 Å². The second kappa shape index (κ2) is 6.59. The van der Waals surface area contributed by atoms with E-state index in [2.05, 4.69) is 0 Å². The molecule has 0 unspecified atom stereocenters. The van der Waals surface area contributed by atoms with E-state index in [1.165, 1.54) is 27.0 Å². The molecule has 0 N–H and O–H groups in total. The molecular weight excluding hydrogens is 344 g/mol. The highest BCUT2D eigenvalue weighted by molar-refractivity contribution is 6.04. The molecule has 8 nitrogen and oxygen atoms in total. The molecule has 26 heavy (non-hydrogen) atoms. The van der Waals surface area contributed by atoms with E-state index >= 15 is 0 Å². The molecular formula is C18H22O8. The van der Waals surface area contributed by atoms with E-state index < -0.39 is 40.8 Å². The molecule has 0 fully saturated rings. The van der Waals surface area contributed by atoms with Crippen molar-refractivity contribution >= 4 is 23.9 Å². The number of methoxy groups -OCH3 is 2. The summed E-state index contributed by atoms with van der Waals surface area (Å²) in [5.74, 6) is -3.44. The van der Waals surface area contributed by atoms with Crippen molar-refractivity contribution in [3.63, 3.8) is 0 Å². The van der Waals surface area contributed by atoms with Crippen molar-refractivity contribution < 1.29 is 38.1 Å². The molecule has 2 bridgehead atoms. The first-order valence-corrected chi connectivity index (χ1v) is 8.01. The van der Waals surface area contributed by atoms with E-state index in [0.29, 0.717) is 0 Å². The Morgan fingerprint density at radius 1 is 1.00 bits per heavy atom. The van der Waals surface area contributed by atoms with Gasteiger partial charge < -0.3 is 18.9 Å². The maximum absolute atomic E-state index is 12.5. The van der Waals surface area contributed by atoms with Gasteiger partial charge in [0.25, 0.3) is 0 Å². The Kier molecular flexibility index (Phi) is 4.98. The predicted molar refractivity (Wildman–Crippen MR) is 87.3 cm³/mol. The molecule has 142 valence electrons. The molecule has 0 radical (unpaired) electrons. The Bertz CT molecular complexity index is 742. The lowest BCUT2D eigenvalue weighted by atomic mass is 9.55. The zero-order chi connectivity index (χ0) is 19.9. The van der Waals surface area contributed by atoms with Gasteiger partial charge in [0.15, 0.2) is 5.60 Å². The van der Waals surface area contributed by atoms with Crippen LogP contribution in [0, 0.1) is 11.3 Å². The summed E-state index contributed by atoms with van der Waals surface area (Å²) in [7, 11) is 2.34. The average Bonchev–Trinajstić information content (AvgIpc) is 2.49. The van der Waals surface area contributed by atoms with Crippen LogP contribution in [0.3, 0.4) is 0 Å². The lowest BCUT2D eigenvalue weighted by Crippen LogP contribution is -2.55. The third-order valence-electron chi connectivity index (χ3n) is 4.52. The summed E-state index contributed by atoms with van der Waals surface area (Å²) >= 11 is 0. The number of fused-ring (bicyclic) bond motifs is 1. The van der Waals surface area contributed by atoms with Crippen LogP contribution >= 0.6 is 0 Å². The molecule has 3 aliphatic carbocycles. The average molecular weight is 366 g/mol. The Labute approximate surface area is 151 Å². The lowest BCUT2D eigenvalue weighted by molar-refractivity contribution is -0.160. The van der Waals surface area contributed by atoms with Crippen LogP contribution in [-0.4, -0.2) is 43.7 Å². The minimum atomic E-state index is -1.59. The topological polar surface area (TPSA) is 105 Å². The van der Waals surface area contributed by atoms with Gasteiger partial charge in [-0.05, 0) is 5.41 Å².